The van der Waals surface area contributed by atoms with Crippen LogP contribution in [0.4, 0.5) is 21.6 Å². The summed E-state index contributed by atoms with van der Waals surface area (Å²) in [6.45, 7) is 5.68. The monoisotopic (exact) mass is 377 g/mol. The zero-order valence-corrected chi connectivity index (χ0v) is 16.5. The molecule has 144 valence electrons. The molecule has 0 saturated heterocycles. The maximum atomic E-state index is 15.0. The smallest absolute Gasteiger partial charge is 0.135 e. The second-order valence-electron chi connectivity index (χ2n) is 6.77. The number of halogens is 1. The Morgan fingerprint density at radius 3 is 2.50 bits per heavy atom. The van der Waals surface area contributed by atoms with E-state index in [1.54, 1.807) is 26.2 Å². The largest absolute Gasteiger partial charge is 0.497 e. The molecule has 0 aliphatic carbocycles. The second kappa shape index (κ2) is 8.13. The van der Waals surface area contributed by atoms with Crippen LogP contribution in [0.3, 0.4) is 0 Å². The van der Waals surface area contributed by atoms with Crippen LogP contribution >= 0.6 is 0 Å². The first kappa shape index (κ1) is 19.4. The van der Waals surface area contributed by atoms with Gasteiger partial charge in [-0.3, -0.25) is 0 Å². The molecule has 0 radical (unpaired) electrons. The highest BCUT2D eigenvalue weighted by molar-refractivity contribution is 5.86. The van der Waals surface area contributed by atoms with E-state index in [4.69, 9.17) is 10.5 Å². The SMILES string of the molecule is COc1cc(C)cc(/C(C)=C(\F)c2ccc(Nc3c(C)cccc3N)nc2)c1. The summed E-state index contributed by atoms with van der Waals surface area (Å²) in [6.07, 6.45) is 1.52. The van der Waals surface area contributed by atoms with E-state index in [0.29, 0.717) is 28.4 Å². The van der Waals surface area contributed by atoms with Gasteiger partial charge in [-0.05, 0) is 73.4 Å². The van der Waals surface area contributed by atoms with Crippen molar-refractivity contribution in [3.63, 3.8) is 0 Å². The quantitative estimate of drug-likeness (QED) is 0.544. The van der Waals surface area contributed by atoms with Gasteiger partial charge >= 0.3 is 0 Å². The van der Waals surface area contributed by atoms with Crippen molar-refractivity contribution >= 4 is 28.6 Å². The summed E-state index contributed by atoms with van der Waals surface area (Å²) in [5.74, 6) is 0.991. The summed E-state index contributed by atoms with van der Waals surface area (Å²) >= 11 is 0. The summed E-state index contributed by atoms with van der Waals surface area (Å²) in [4.78, 5) is 4.34. The van der Waals surface area contributed by atoms with Crippen molar-refractivity contribution in [1.29, 1.82) is 0 Å². The number of anilines is 3. The lowest BCUT2D eigenvalue weighted by Crippen LogP contribution is -2.00. The molecule has 5 heteroatoms. The van der Waals surface area contributed by atoms with Crippen molar-refractivity contribution in [3.05, 3.63) is 77.0 Å². The lowest BCUT2D eigenvalue weighted by molar-refractivity contribution is 0.414. The molecule has 0 fully saturated rings. The first-order chi connectivity index (χ1) is 13.4. The maximum absolute atomic E-state index is 15.0. The van der Waals surface area contributed by atoms with Crippen LogP contribution in [0.5, 0.6) is 5.75 Å². The Hall–Kier alpha value is -3.34. The van der Waals surface area contributed by atoms with Gasteiger partial charge < -0.3 is 15.8 Å². The fraction of sp³-hybridized carbons (Fsp3) is 0.174. The second-order valence-corrected chi connectivity index (χ2v) is 6.77. The minimum absolute atomic E-state index is 0.317. The first-order valence-electron chi connectivity index (χ1n) is 9.00. The highest BCUT2D eigenvalue weighted by atomic mass is 19.1. The maximum Gasteiger partial charge on any atom is 0.135 e. The fourth-order valence-electron chi connectivity index (χ4n) is 3.01. The number of para-hydroxylation sites is 1. The number of methoxy groups -OCH3 is 1. The highest BCUT2D eigenvalue weighted by Crippen LogP contribution is 2.31. The van der Waals surface area contributed by atoms with Crippen molar-refractivity contribution in [1.82, 2.24) is 4.98 Å². The van der Waals surface area contributed by atoms with Crippen LogP contribution in [-0.2, 0) is 0 Å². The van der Waals surface area contributed by atoms with Crippen LogP contribution in [0.1, 0.15) is 29.2 Å². The molecule has 1 heterocycles. The van der Waals surface area contributed by atoms with Crippen LogP contribution in [0.2, 0.25) is 0 Å². The van der Waals surface area contributed by atoms with Gasteiger partial charge in [0.1, 0.15) is 17.4 Å². The topological polar surface area (TPSA) is 60.2 Å². The van der Waals surface area contributed by atoms with Crippen molar-refractivity contribution in [2.75, 3.05) is 18.2 Å². The number of hydrogen-bond donors (Lipinski definition) is 2. The molecule has 0 spiro atoms. The van der Waals surface area contributed by atoms with Crippen LogP contribution in [-0.4, -0.2) is 12.1 Å². The summed E-state index contributed by atoms with van der Waals surface area (Å²) in [6, 6.07) is 14.8. The van der Waals surface area contributed by atoms with Crippen LogP contribution in [0.25, 0.3) is 11.4 Å². The molecular weight excluding hydrogens is 353 g/mol. The number of allylic oxidation sites excluding steroid dienone is 1. The summed E-state index contributed by atoms with van der Waals surface area (Å²) in [7, 11) is 1.60. The molecule has 0 unspecified atom stereocenters. The third-order valence-electron chi connectivity index (χ3n) is 4.62. The van der Waals surface area contributed by atoms with Gasteiger partial charge in [-0.1, -0.05) is 18.2 Å². The normalized spacial score (nSPS) is 11.8. The Kier molecular flexibility index (Phi) is 5.64. The van der Waals surface area contributed by atoms with Crippen LogP contribution in [0.15, 0.2) is 54.7 Å². The molecule has 3 rings (SSSR count). The average molecular weight is 377 g/mol. The van der Waals surface area contributed by atoms with Gasteiger partial charge in [0.25, 0.3) is 0 Å². The van der Waals surface area contributed by atoms with Crippen LogP contribution in [0, 0.1) is 13.8 Å². The predicted octanol–water partition coefficient (Wildman–Crippen LogP) is 5.89. The van der Waals surface area contributed by atoms with E-state index in [1.807, 2.05) is 50.2 Å². The molecule has 4 nitrogen and oxygen atoms in total. The number of nitrogens with two attached hydrogens (primary N) is 1. The Bertz CT molecular complexity index is 1010. The molecule has 28 heavy (non-hydrogen) atoms. The molecule has 0 saturated carbocycles. The summed E-state index contributed by atoms with van der Waals surface area (Å²) in [5.41, 5.74) is 11.2. The number of hydrogen-bond acceptors (Lipinski definition) is 4. The molecular formula is C23H24FN3O. The number of rotatable bonds is 5. The zero-order chi connectivity index (χ0) is 20.3. The van der Waals surface area contributed by atoms with E-state index in [9.17, 15) is 0 Å². The lowest BCUT2D eigenvalue weighted by atomic mass is 10.0. The van der Waals surface area contributed by atoms with Gasteiger partial charge in [-0.2, -0.15) is 0 Å². The van der Waals surface area contributed by atoms with Crippen molar-refractivity contribution in [2.45, 2.75) is 20.8 Å². The highest BCUT2D eigenvalue weighted by Gasteiger charge is 2.11. The number of pyridine rings is 1. The Balaban J connectivity index is 1.88. The summed E-state index contributed by atoms with van der Waals surface area (Å²) in [5, 5.41) is 3.20. The van der Waals surface area contributed by atoms with Crippen molar-refractivity contribution < 1.29 is 9.13 Å². The molecule has 0 amide bonds. The Morgan fingerprint density at radius 2 is 1.86 bits per heavy atom. The minimum Gasteiger partial charge on any atom is -0.497 e. The van der Waals surface area contributed by atoms with Crippen molar-refractivity contribution in [2.24, 2.45) is 0 Å². The fourth-order valence-corrected chi connectivity index (χ4v) is 3.01. The van der Waals surface area contributed by atoms with E-state index in [0.717, 1.165) is 22.4 Å². The third kappa shape index (κ3) is 4.14. The summed E-state index contributed by atoms with van der Waals surface area (Å²) < 4.78 is 20.3. The van der Waals surface area contributed by atoms with Gasteiger partial charge in [0.15, 0.2) is 0 Å². The van der Waals surface area contributed by atoms with Gasteiger partial charge in [0, 0.05) is 11.8 Å². The lowest BCUT2D eigenvalue weighted by Gasteiger charge is -2.12. The van der Waals surface area contributed by atoms with Gasteiger partial charge in [-0.15, -0.1) is 0 Å². The Labute approximate surface area is 164 Å². The number of aromatic nitrogens is 1. The molecule has 3 aromatic rings. The zero-order valence-electron chi connectivity index (χ0n) is 16.5. The average Bonchev–Trinajstić information content (AvgIpc) is 2.69. The number of nitrogens with zero attached hydrogens (tertiary/aromatic N) is 1. The van der Waals surface area contributed by atoms with E-state index >= 15 is 4.39 Å². The molecule has 0 bridgehead atoms. The van der Waals surface area contributed by atoms with Crippen molar-refractivity contribution in [3.8, 4) is 5.75 Å². The number of benzene rings is 2. The van der Waals surface area contributed by atoms with Crippen LogP contribution < -0.4 is 15.8 Å². The predicted molar refractivity (Wildman–Crippen MR) is 114 cm³/mol. The number of ether oxygens (including phenoxy) is 1. The number of nitrogen functional groups attached to an aromatic ring is 1. The van der Waals surface area contributed by atoms with E-state index in [-0.39, 0.29) is 5.83 Å². The molecule has 2 aromatic carbocycles. The van der Waals surface area contributed by atoms with Gasteiger partial charge in [0.2, 0.25) is 0 Å². The molecule has 1 aromatic heterocycles. The Morgan fingerprint density at radius 1 is 1.07 bits per heavy atom. The molecule has 0 atom stereocenters. The van der Waals surface area contributed by atoms with E-state index in [2.05, 4.69) is 10.3 Å². The minimum atomic E-state index is -0.317. The molecule has 3 N–H and O–H groups in total. The van der Waals surface area contributed by atoms with E-state index < -0.39 is 0 Å². The number of nitrogens with one attached hydrogen (secondary N) is 1. The van der Waals surface area contributed by atoms with Gasteiger partial charge in [0.05, 0.1) is 18.5 Å². The third-order valence-corrected chi connectivity index (χ3v) is 4.62. The first-order valence-corrected chi connectivity index (χ1v) is 9.00. The molecule has 0 aliphatic heterocycles. The standard InChI is InChI=1S/C23H24FN3O/c1-14-10-18(12-19(11-14)28-4)16(3)22(24)17-8-9-21(26-13-17)27-23-15(2)6-5-7-20(23)25/h5-13H,25H2,1-4H3,(H,26,27)/b22-16-. The molecule has 0 aliphatic rings. The number of aryl methyl sites for hydroxylation is 2. The van der Waals surface area contributed by atoms with E-state index in [1.165, 1.54) is 6.20 Å². The van der Waals surface area contributed by atoms with Gasteiger partial charge in [-0.25, -0.2) is 9.37 Å².